The van der Waals surface area contributed by atoms with Gasteiger partial charge in [0, 0.05) is 44.5 Å². The molecule has 2 saturated heterocycles. The molecule has 0 spiro atoms. The van der Waals surface area contributed by atoms with Gasteiger partial charge < -0.3 is 20.1 Å². The maximum absolute atomic E-state index is 5.75. The fourth-order valence-electron chi connectivity index (χ4n) is 4.13. The van der Waals surface area contributed by atoms with E-state index in [0.717, 1.165) is 49.9 Å². The van der Waals surface area contributed by atoms with Crippen LogP contribution in [0.15, 0.2) is 41.9 Å². The normalized spacial score (nSPS) is 19.3. The van der Waals surface area contributed by atoms with Gasteiger partial charge in [0.2, 0.25) is 0 Å². The van der Waals surface area contributed by atoms with Crippen molar-refractivity contribution in [3.05, 3.63) is 42.5 Å². The second-order valence-electron chi connectivity index (χ2n) is 7.52. The van der Waals surface area contributed by atoms with Gasteiger partial charge in [-0.2, -0.15) is 0 Å². The Balaban J connectivity index is 0.00000300. The van der Waals surface area contributed by atoms with Crippen molar-refractivity contribution in [1.29, 1.82) is 0 Å². The fraction of sp³-hybridized carbons (Fsp3) is 0.591. The predicted molar refractivity (Wildman–Crippen MR) is 129 cm³/mol. The molecule has 1 aromatic carbocycles. The summed E-state index contributed by atoms with van der Waals surface area (Å²) in [4.78, 5) is 7.09. The van der Waals surface area contributed by atoms with E-state index in [1.807, 2.05) is 25.2 Å². The third-order valence-electron chi connectivity index (χ3n) is 5.78. The van der Waals surface area contributed by atoms with Crippen molar-refractivity contribution in [2.24, 2.45) is 4.99 Å². The Morgan fingerprint density at radius 2 is 1.97 bits per heavy atom. The molecule has 162 valence electrons. The Morgan fingerprint density at radius 3 is 2.66 bits per heavy atom. The van der Waals surface area contributed by atoms with Gasteiger partial charge in [0.05, 0.1) is 0 Å². The van der Waals surface area contributed by atoms with Crippen LogP contribution in [0.3, 0.4) is 0 Å². The first-order valence-corrected chi connectivity index (χ1v) is 10.4. The lowest BCUT2D eigenvalue weighted by Crippen LogP contribution is -2.58. The molecule has 2 fully saturated rings. The van der Waals surface area contributed by atoms with Crippen molar-refractivity contribution in [2.75, 3.05) is 46.5 Å². The van der Waals surface area contributed by atoms with Gasteiger partial charge in [0.1, 0.15) is 12.4 Å². The molecule has 3 rings (SSSR count). The highest BCUT2D eigenvalue weighted by molar-refractivity contribution is 14.0. The van der Waals surface area contributed by atoms with Gasteiger partial charge >= 0.3 is 0 Å². The number of hydrogen-bond donors (Lipinski definition) is 2. The van der Waals surface area contributed by atoms with Crippen LogP contribution in [0.4, 0.5) is 0 Å². The molecule has 2 N–H and O–H groups in total. The third-order valence-corrected chi connectivity index (χ3v) is 5.78. The molecule has 0 saturated carbocycles. The number of halogens is 1. The third kappa shape index (κ3) is 6.58. The molecule has 0 aliphatic carbocycles. The number of benzene rings is 1. The molecule has 0 radical (unpaired) electrons. The Morgan fingerprint density at radius 1 is 1.24 bits per heavy atom. The highest BCUT2D eigenvalue weighted by Crippen LogP contribution is 2.30. The molecule has 2 heterocycles. The van der Waals surface area contributed by atoms with Crippen LogP contribution < -0.4 is 15.4 Å². The van der Waals surface area contributed by atoms with Crippen LogP contribution in [-0.4, -0.2) is 62.9 Å². The van der Waals surface area contributed by atoms with Crippen LogP contribution in [0.5, 0.6) is 5.75 Å². The summed E-state index contributed by atoms with van der Waals surface area (Å²) in [6.45, 7) is 9.86. The van der Waals surface area contributed by atoms with Crippen LogP contribution in [-0.2, 0) is 11.3 Å². The van der Waals surface area contributed by atoms with Crippen molar-refractivity contribution in [1.82, 2.24) is 15.5 Å². The number of guanidine groups is 1. The second-order valence-corrected chi connectivity index (χ2v) is 7.52. The Bertz CT molecular complexity index is 656. The van der Waals surface area contributed by atoms with E-state index in [-0.39, 0.29) is 29.5 Å². The van der Waals surface area contributed by atoms with Crippen LogP contribution in [0, 0.1) is 0 Å². The molecule has 29 heavy (non-hydrogen) atoms. The fourth-order valence-corrected chi connectivity index (χ4v) is 4.13. The van der Waals surface area contributed by atoms with Gasteiger partial charge in [-0.3, -0.25) is 9.89 Å². The summed E-state index contributed by atoms with van der Waals surface area (Å²) in [7, 11) is 1.82. The summed E-state index contributed by atoms with van der Waals surface area (Å²) < 4.78 is 11.4. The Kier molecular flexibility index (Phi) is 10.2. The van der Waals surface area contributed by atoms with E-state index in [4.69, 9.17) is 9.47 Å². The number of likely N-dealkylation sites (tertiary alicyclic amines) is 1. The molecule has 7 heteroatoms. The zero-order valence-electron chi connectivity index (χ0n) is 17.5. The molecule has 0 amide bonds. The average Bonchev–Trinajstić information content (AvgIpc) is 3.29. The van der Waals surface area contributed by atoms with Gasteiger partial charge in [0.15, 0.2) is 5.96 Å². The second kappa shape index (κ2) is 12.4. The monoisotopic (exact) mass is 514 g/mol. The van der Waals surface area contributed by atoms with E-state index in [9.17, 15) is 0 Å². The molecule has 6 nitrogen and oxygen atoms in total. The van der Waals surface area contributed by atoms with E-state index in [1.54, 1.807) is 6.08 Å². The topological polar surface area (TPSA) is 58.1 Å². The highest BCUT2D eigenvalue weighted by Gasteiger charge is 2.39. The van der Waals surface area contributed by atoms with E-state index in [2.05, 4.69) is 33.2 Å². The molecule has 0 unspecified atom stereocenters. The maximum Gasteiger partial charge on any atom is 0.191 e. The van der Waals surface area contributed by atoms with Crippen LogP contribution in [0.2, 0.25) is 0 Å². The summed E-state index contributed by atoms with van der Waals surface area (Å²) in [5.41, 5.74) is 1.28. The molecular formula is C22H35IN4O2. The maximum atomic E-state index is 5.75. The van der Waals surface area contributed by atoms with Crippen molar-refractivity contribution >= 4 is 29.9 Å². The average molecular weight is 514 g/mol. The number of rotatable bonds is 8. The van der Waals surface area contributed by atoms with Gasteiger partial charge in [-0.25, -0.2) is 0 Å². The SMILES string of the molecule is C=CCOc1ccccc1CNC(=NC)NCC1(N2CCCC2)CCOCC1.I. The van der Waals surface area contributed by atoms with Crippen LogP contribution in [0.25, 0.3) is 0 Å². The number of para-hydroxylation sites is 1. The number of nitrogens with one attached hydrogen (secondary N) is 2. The van der Waals surface area contributed by atoms with E-state index < -0.39 is 0 Å². The summed E-state index contributed by atoms with van der Waals surface area (Å²) in [6, 6.07) is 8.07. The predicted octanol–water partition coefficient (Wildman–Crippen LogP) is 3.18. The van der Waals surface area contributed by atoms with Crippen molar-refractivity contribution < 1.29 is 9.47 Å². The molecular weight excluding hydrogens is 479 g/mol. The zero-order valence-corrected chi connectivity index (χ0v) is 19.8. The Hall–Kier alpha value is -1.32. The van der Waals surface area contributed by atoms with Gasteiger partial charge in [-0.1, -0.05) is 30.9 Å². The molecule has 2 aliphatic rings. The molecule has 1 aromatic rings. The first kappa shape index (κ1) is 24.0. The minimum Gasteiger partial charge on any atom is -0.489 e. The van der Waals surface area contributed by atoms with Crippen molar-refractivity contribution in [3.63, 3.8) is 0 Å². The number of nitrogens with zero attached hydrogens (tertiary/aromatic N) is 2. The highest BCUT2D eigenvalue weighted by atomic mass is 127. The first-order chi connectivity index (χ1) is 13.8. The number of aliphatic imine (C=N–C) groups is 1. The lowest BCUT2D eigenvalue weighted by molar-refractivity contribution is -0.0164. The van der Waals surface area contributed by atoms with Crippen molar-refractivity contribution in [3.8, 4) is 5.75 Å². The quantitative estimate of drug-likeness (QED) is 0.242. The summed E-state index contributed by atoms with van der Waals surface area (Å²) >= 11 is 0. The Labute approximate surface area is 192 Å². The largest absolute Gasteiger partial charge is 0.489 e. The van der Waals surface area contributed by atoms with Crippen LogP contribution in [0.1, 0.15) is 31.2 Å². The van der Waals surface area contributed by atoms with E-state index >= 15 is 0 Å². The number of ether oxygens (including phenoxy) is 2. The first-order valence-electron chi connectivity index (χ1n) is 10.4. The molecule has 2 aliphatic heterocycles. The zero-order chi connectivity index (χ0) is 19.7. The lowest BCUT2D eigenvalue weighted by atomic mass is 9.88. The van der Waals surface area contributed by atoms with Crippen LogP contribution >= 0.6 is 24.0 Å². The summed E-state index contributed by atoms with van der Waals surface area (Å²) in [6.07, 6.45) is 6.52. The standard InChI is InChI=1S/C22H34N4O2.HI/c1-3-14-28-20-9-5-4-8-19(20)17-24-21(23-2)25-18-22(10-15-27-16-11-22)26-12-6-7-13-26;/h3-5,8-9H,1,6-7,10-18H2,2H3,(H2,23,24,25);1H. The molecule has 0 aromatic heterocycles. The van der Waals surface area contributed by atoms with E-state index in [0.29, 0.717) is 13.2 Å². The minimum absolute atomic E-state index is 0. The smallest absolute Gasteiger partial charge is 0.191 e. The number of hydrogen-bond acceptors (Lipinski definition) is 4. The van der Waals surface area contributed by atoms with Gasteiger partial charge in [0.25, 0.3) is 0 Å². The molecule has 0 bridgehead atoms. The summed E-state index contributed by atoms with van der Waals surface area (Å²) in [5.74, 6) is 1.70. The minimum atomic E-state index is 0. The van der Waals surface area contributed by atoms with Crippen molar-refractivity contribution in [2.45, 2.75) is 37.8 Å². The van der Waals surface area contributed by atoms with E-state index in [1.165, 1.54) is 25.9 Å². The summed E-state index contributed by atoms with van der Waals surface area (Å²) in [5, 5.41) is 7.01. The molecule has 0 atom stereocenters. The van der Waals surface area contributed by atoms with Gasteiger partial charge in [-0.05, 0) is 44.8 Å². The van der Waals surface area contributed by atoms with Gasteiger partial charge in [-0.15, -0.1) is 24.0 Å². The lowest BCUT2D eigenvalue weighted by Gasteiger charge is -2.45.